The first kappa shape index (κ1) is 15.8. The fourth-order valence-corrected chi connectivity index (χ4v) is 2.34. The molecule has 7 nitrogen and oxygen atoms in total. The van der Waals surface area contributed by atoms with Crippen molar-refractivity contribution in [3.05, 3.63) is 30.0 Å². The van der Waals surface area contributed by atoms with E-state index in [2.05, 4.69) is 5.10 Å². The van der Waals surface area contributed by atoms with Gasteiger partial charge in [-0.15, -0.1) is 0 Å². The van der Waals surface area contributed by atoms with Crippen molar-refractivity contribution >= 4 is 17.4 Å². The number of amides is 1. The van der Waals surface area contributed by atoms with E-state index in [9.17, 15) is 4.79 Å². The van der Waals surface area contributed by atoms with Gasteiger partial charge in [0.25, 0.3) is 0 Å². The summed E-state index contributed by atoms with van der Waals surface area (Å²) in [5, 5.41) is 4.51. The lowest BCUT2D eigenvalue weighted by atomic mass is 10.2. The van der Waals surface area contributed by atoms with Crippen LogP contribution in [0.15, 0.2) is 24.3 Å². The van der Waals surface area contributed by atoms with E-state index in [4.69, 9.17) is 14.2 Å². The number of fused-ring (bicyclic) bond motifs is 1. The topological polar surface area (TPSA) is 65.3 Å². The fraction of sp³-hybridized carbons (Fsp3) is 0.500. The van der Waals surface area contributed by atoms with Crippen molar-refractivity contribution in [2.75, 3.05) is 25.2 Å². The molecule has 0 N–H and O–H groups in total. The molecule has 7 heteroatoms. The molecule has 0 aliphatic carbocycles. The van der Waals surface area contributed by atoms with Gasteiger partial charge in [0.05, 0.1) is 18.7 Å². The van der Waals surface area contributed by atoms with Gasteiger partial charge in [-0.05, 0) is 39.0 Å². The van der Waals surface area contributed by atoms with Gasteiger partial charge < -0.3 is 14.2 Å². The SMILES string of the molecule is CN(C(=O)OC(C)(C)C)c1cccc2cc(C3OCCO3)nn12. The Balaban J connectivity index is 1.92. The van der Waals surface area contributed by atoms with Crippen LogP contribution < -0.4 is 4.90 Å². The number of ether oxygens (including phenoxy) is 3. The second-order valence-corrected chi connectivity index (χ2v) is 6.40. The Bertz CT molecular complexity index is 714. The Hall–Kier alpha value is -2.12. The van der Waals surface area contributed by atoms with Crippen molar-refractivity contribution in [3.63, 3.8) is 0 Å². The normalized spacial score (nSPS) is 16.0. The maximum atomic E-state index is 12.3. The van der Waals surface area contributed by atoms with Crippen LogP contribution in [0.25, 0.3) is 5.52 Å². The number of aromatic nitrogens is 2. The lowest BCUT2D eigenvalue weighted by Gasteiger charge is -2.24. The van der Waals surface area contributed by atoms with Gasteiger partial charge in [-0.1, -0.05) is 6.07 Å². The average molecular weight is 319 g/mol. The number of hydrogen-bond acceptors (Lipinski definition) is 5. The first-order valence-corrected chi connectivity index (χ1v) is 7.54. The molecule has 2 aromatic rings. The maximum absolute atomic E-state index is 12.3. The highest BCUT2D eigenvalue weighted by molar-refractivity contribution is 5.86. The zero-order chi connectivity index (χ0) is 16.6. The molecule has 0 radical (unpaired) electrons. The molecule has 0 bridgehead atoms. The number of carbonyl (C=O) groups excluding carboxylic acids is 1. The summed E-state index contributed by atoms with van der Waals surface area (Å²) in [6.07, 6.45) is -0.884. The van der Waals surface area contributed by atoms with E-state index >= 15 is 0 Å². The van der Waals surface area contributed by atoms with Gasteiger partial charge in [0.15, 0.2) is 0 Å². The summed E-state index contributed by atoms with van der Waals surface area (Å²) in [4.78, 5) is 13.7. The summed E-state index contributed by atoms with van der Waals surface area (Å²) in [5.41, 5.74) is 0.986. The largest absolute Gasteiger partial charge is 0.443 e. The molecule has 124 valence electrons. The summed E-state index contributed by atoms with van der Waals surface area (Å²) in [7, 11) is 1.66. The van der Waals surface area contributed by atoms with Crippen LogP contribution in [0.4, 0.5) is 10.6 Å². The molecule has 1 aliphatic rings. The predicted molar refractivity (Wildman–Crippen MR) is 84.5 cm³/mol. The summed E-state index contributed by atoms with van der Waals surface area (Å²) in [5.74, 6) is 0.612. The van der Waals surface area contributed by atoms with Gasteiger partial charge in [-0.2, -0.15) is 5.10 Å². The van der Waals surface area contributed by atoms with E-state index in [1.165, 1.54) is 4.90 Å². The van der Waals surface area contributed by atoms with E-state index in [0.29, 0.717) is 24.7 Å². The quantitative estimate of drug-likeness (QED) is 0.851. The van der Waals surface area contributed by atoms with Crippen molar-refractivity contribution in [1.29, 1.82) is 0 Å². The van der Waals surface area contributed by atoms with Gasteiger partial charge >= 0.3 is 6.09 Å². The van der Waals surface area contributed by atoms with Crippen LogP contribution >= 0.6 is 0 Å². The minimum Gasteiger partial charge on any atom is -0.443 e. The highest BCUT2D eigenvalue weighted by atomic mass is 16.7. The summed E-state index contributed by atoms with van der Waals surface area (Å²) >= 11 is 0. The van der Waals surface area contributed by atoms with Gasteiger partial charge in [-0.25, -0.2) is 9.31 Å². The van der Waals surface area contributed by atoms with E-state index in [1.807, 2.05) is 45.0 Å². The lowest BCUT2D eigenvalue weighted by molar-refractivity contribution is -0.0474. The van der Waals surface area contributed by atoms with E-state index in [1.54, 1.807) is 11.6 Å². The third-order valence-electron chi connectivity index (χ3n) is 3.36. The first-order valence-electron chi connectivity index (χ1n) is 7.54. The van der Waals surface area contributed by atoms with Gasteiger partial charge in [0, 0.05) is 7.05 Å². The minimum absolute atomic E-state index is 0.435. The third kappa shape index (κ3) is 3.30. The molecule has 0 saturated carbocycles. The van der Waals surface area contributed by atoms with Crippen LogP contribution in [0, 0.1) is 0 Å². The fourth-order valence-electron chi connectivity index (χ4n) is 2.34. The summed E-state index contributed by atoms with van der Waals surface area (Å²) in [6.45, 7) is 6.62. The van der Waals surface area contributed by atoms with Gasteiger partial charge in [0.1, 0.15) is 17.1 Å². The summed E-state index contributed by atoms with van der Waals surface area (Å²) in [6, 6.07) is 7.48. The zero-order valence-corrected chi connectivity index (χ0v) is 13.8. The molecule has 0 aromatic carbocycles. The van der Waals surface area contributed by atoms with Crippen LogP contribution in [0.3, 0.4) is 0 Å². The second kappa shape index (κ2) is 5.82. The Morgan fingerprint density at radius 3 is 2.70 bits per heavy atom. The minimum atomic E-state index is -0.556. The van der Waals surface area contributed by atoms with Crippen molar-refractivity contribution in [2.45, 2.75) is 32.7 Å². The van der Waals surface area contributed by atoms with Crippen molar-refractivity contribution in [1.82, 2.24) is 9.61 Å². The molecule has 3 rings (SSSR count). The Morgan fingerprint density at radius 2 is 2.04 bits per heavy atom. The predicted octanol–water partition coefficient (Wildman–Crippen LogP) is 2.75. The molecule has 2 aromatic heterocycles. The van der Waals surface area contributed by atoms with E-state index in [0.717, 1.165) is 5.52 Å². The number of pyridine rings is 1. The molecule has 0 unspecified atom stereocenters. The Labute approximate surface area is 134 Å². The van der Waals surface area contributed by atoms with Crippen LogP contribution in [-0.4, -0.2) is 41.6 Å². The number of nitrogens with zero attached hydrogens (tertiary/aromatic N) is 3. The number of anilines is 1. The first-order chi connectivity index (χ1) is 10.8. The molecule has 0 atom stereocenters. The Morgan fingerprint density at radius 1 is 1.35 bits per heavy atom. The second-order valence-electron chi connectivity index (χ2n) is 6.40. The highest BCUT2D eigenvalue weighted by Gasteiger charge is 2.25. The number of carbonyl (C=O) groups is 1. The molecular formula is C16H21N3O4. The molecule has 1 aliphatic heterocycles. The van der Waals surface area contributed by atoms with Crippen molar-refractivity contribution < 1.29 is 19.0 Å². The zero-order valence-electron chi connectivity index (χ0n) is 13.8. The number of rotatable bonds is 2. The maximum Gasteiger partial charge on any atom is 0.415 e. The third-order valence-corrected chi connectivity index (χ3v) is 3.36. The van der Waals surface area contributed by atoms with Crippen LogP contribution in [0.2, 0.25) is 0 Å². The molecule has 0 spiro atoms. The molecular weight excluding hydrogens is 298 g/mol. The molecule has 1 amide bonds. The van der Waals surface area contributed by atoms with Crippen molar-refractivity contribution in [2.24, 2.45) is 0 Å². The van der Waals surface area contributed by atoms with Crippen LogP contribution in [0.5, 0.6) is 0 Å². The molecule has 1 saturated heterocycles. The van der Waals surface area contributed by atoms with Gasteiger partial charge in [-0.3, -0.25) is 4.90 Å². The highest BCUT2D eigenvalue weighted by Crippen LogP contribution is 2.25. The van der Waals surface area contributed by atoms with E-state index < -0.39 is 18.0 Å². The molecule has 1 fully saturated rings. The van der Waals surface area contributed by atoms with Crippen LogP contribution in [-0.2, 0) is 14.2 Å². The standard InChI is InChI=1S/C16H21N3O4/c1-16(2,3)23-15(20)18(4)13-7-5-6-11-10-12(17-19(11)13)14-21-8-9-22-14/h5-7,10,14H,8-9H2,1-4H3. The van der Waals surface area contributed by atoms with Gasteiger partial charge in [0.2, 0.25) is 6.29 Å². The molecule has 3 heterocycles. The van der Waals surface area contributed by atoms with E-state index in [-0.39, 0.29) is 0 Å². The number of hydrogen-bond donors (Lipinski definition) is 0. The Kier molecular flexibility index (Phi) is 3.99. The lowest BCUT2D eigenvalue weighted by Crippen LogP contribution is -2.35. The van der Waals surface area contributed by atoms with Crippen molar-refractivity contribution in [3.8, 4) is 0 Å². The monoisotopic (exact) mass is 319 g/mol. The summed E-state index contributed by atoms with van der Waals surface area (Å²) < 4.78 is 18.0. The smallest absolute Gasteiger partial charge is 0.415 e. The average Bonchev–Trinajstić information content (AvgIpc) is 3.12. The molecule has 23 heavy (non-hydrogen) atoms. The van der Waals surface area contributed by atoms with Crippen LogP contribution in [0.1, 0.15) is 32.8 Å².